The normalized spacial score (nSPS) is 12.7. The largest absolute Gasteiger partial charge is 0.289 e. The van der Waals surface area contributed by atoms with Crippen molar-refractivity contribution in [1.29, 1.82) is 0 Å². The number of benzene rings is 2. The molecule has 78 valence electrons. The first-order chi connectivity index (χ1) is 7.16. The molecule has 0 aliphatic rings. The molecule has 0 bridgehead atoms. The predicted octanol–water partition coefficient (Wildman–Crippen LogP) is 3.04. The molecule has 5 heteroatoms. The molecule has 0 saturated heterocycles. The third-order valence-corrected chi connectivity index (χ3v) is 2.64. The summed E-state index contributed by atoms with van der Waals surface area (Å²) in [6.45, 7) is 0. The summed E-state index contributed by atoms with van der Waals surface area (Å²) in [5.41, 5.74) is 0.555. The van der Waals surface area contributed by atoms with Crippen molar-refractivity contribution in [2.45, 2.75) is 0 Å². The SMILES string of the molecule is O=S(O)Nc1cc(Cl)cc2ccccc12. The lowest BCUT2D eigenvalue weighted by atomic mass is 10.1. The molecule has 3 nitrogen and oxygen atoms in total. The molecule has 2 rings (SSSR count). The Labute approximate surface area is 94.5 Å². The smallest absolute Gasteiger partial charge is 0.259 e. The van der Waals surface area contributed by atoms with Crippen LogP contribution in [0.4, 0.5) is 5.69 Å². The summed E-state index contributed by atoms with van der Waals surface area (Å²) < 4.78 is 21.9. The van der Waals surface area contributed by atoms with Crippen molar-refractivity contribution < 1.29 is 8.76 Å². The fourth-order valence-electron chi connectivity index (χ4n) is 1.45. The van der Waals surface area contributed by atoms with Gasteiger partial charge in [0.25, 0.3) is 11.3 Å². The molecule has 0 aliphatic heterocycles. The first-order valence-electron chi connectivity index (χ1n) is 4.22. The molecular weight excluding hydrogens is 234 g/mol. The van der Waals surface area contributed by atoms with Gasteiger partial charge in [0.1, 0.15) is 0 Å². The van der Waals surface area contributed by atoms with Crippen LogP contribution in [0.25, 0.3) is 10.8 Å². The highest BCUT2D eigenvalue weighted by Crippen LogP contribution is 2.27. The van der Waals surface area contributed by atoms with E-state index >= 15 is 0 Å². The van der Waals surface area contributed by atoms with E-state index in [2.05, 4.69) is 4.72 Å². The molecule has 0 heterocycles. The second-order valence-corrected chi connectivity index (χ2v) is 4.16. The fourth-order valence-corrected chi connectivity index (χ4v) is 2.04. The van der Waals surface area contributed by atoms with Gasteiger partial charge in [0.05, 0.1) is 5.69 Å². The van der Waals surface area contributed by atoms with E-state index in [1.54, 1.807) is 6.07 Å². The van der Waals surface area contributed by atoms with E-state index in [4.69, 9.17) is 16.2 Å². The average Bonchev–Trinajstić information content (AvgIpc) is 2.16. The topological polar surface area (TPSA) is 49.3 Å². The zero-order valence-corrected chi connectivity index (χ0v) is 9.18. The van der Waals surface area contributed by atoms with Crippen LogP contribution in [0.2, 0.25) is 5.02 Å². The standard InChI is InChI=1S/C10H8ClNO2S/c11-8-5-7-3-1-2-4-9(7)10(6-8)12-15(13)14/h1-6,12H,(H,13,14). The molecule has 0 spiro atoms. The number of nitrogens with one attached hydrogen (secondary N) is 1. The minimum absolute atomic E-state index is 0.529. The van der Waals surface area contributed by atoms with E-state index < -0.39 is 11.3 Å². The van der Waals surface area contributed by atoms with Crippen molar-refractivity contribution in [3.63, 3.8) is 0 Å². The second-order valence-electron chi connectivity index (χ2n) is 3.03. The molecule has 2 aromatic rings. The Hall–Kier alpha value is -1.10. The van der Waals surface area contributed by atoms with Crippen LogP contribution >= 0.6 is 11.6 Å². The van der Waals surface area contributed by atoms with E-state index in [0.717, 1.165) is 10.8 Å². The molecule has 0 fully saturated rings. The van der Waals surface area contributed by atoms with Crippen molar-refractivity contribution in [2.75, 3.05) is 4.72 Å². The van der Waals surface area contributed by atoms with Gasteiger partial charge in [0.15, 0.2) is 0 Å². The van der Waals surface area contributed by atoms with Crippen molar-refractivity contribution in [3.05, 3.63) is 41.4 Å². The zero-order valence-electron chi connectivity index (χ0n) is 7.61. The summed E-state index contributed by atoms with van der Waals surface area (Å²) in [6, 6.07) is 10.9. The van der Waals surface area contributed by atoms with E-state index in [-0.39, 0.29) is 0 Å². The van der Waals surface area contributed by atoms with E-state index in [1.807, 2.05) is 30.3 Å². The van der Waals surface area contributed by atoms with Gasteiger partial charge in [-0.05, 0) is 17.5 Å². The van der Waals surface area contributed by atoms with Crippen LogP contribution in [0.3, 0.4) is 0 Å². The molecule has 0 amide bonds. The van der Waals surface area contributed by atoms with Gasteiger partial charge in [-0.15, -0.1) is 0 Å². The maximum absolute atomic E-state index is 10.7. The minimum atomic E-state index is -2.09. The maximum Gasteiger partial charge on any atom is 0.259 e. The van der Waals surface area contributed by atoms with Crippen molar-refractivity contribution in [1.82, 2.24) is 0 Å². The minimum Gasteiger partial charge on any atom is -0.289 e. The van der Waals surface area contributed by atoms with Gasteiger partial charge in [-0.2, -0.15) is 0 Å². The molecule has 0 aromatic heterocycles. The Morgan fingerprint density at radius 1 is 1.27 bits per heavy atom. The van der Waals surface area contributed by atoms with Crippen molar-refractivity contribution in [2.24, 2.45) is 0 Å². The maximum atomic E-state index is 10.7. The summed E-state index contributed by atoms with van der Waals surface area (Å²) in [5, 5.41) is 2.32. The van der Waals surface area contributed by atoms with Gasteiger partial charge in [-0.25, -0.2) is 4.21 Å². The summed E-state index contributed by atoms with van der Waals surface area (Å²) >= 11 is 3.80. The van der Waals surface area contributed by atoms with Gasteiger partial charge in [-0.1, -0.05) is 35.9 Å². The van der Waals surface area contributed by atoms with Crippen LogP contribution < -0.4 is 4.72 Å². The molecule has 0 aliphatic carbocycles. The average molecular weight is 242 g/mol. The van der Waals surface area contributed by atoms with Crippen LogP contribution in [-0.2, 0) is 11.3 Å². The quantitative estimate of drug-likeness (QED) is 0.794. The number of anilines is 1. The van der Waals surface area contributed by atoms with Crippen LogP contribution in [-0.4, -0.2) is 8.76 Å². The van der Waals surface area contributed by atoms with Crippen LogP contribution in [0, 0.1) is 0 Å². The fraction of sp³-hybridized carbons (Fsp3) is 0. The van der Waals surface area contributed by atoms with Crippen molar-refractivity contribution in [3.8, 4) is 0 Å². The molecule has 0 saturated carbocycles. The van der Waals surface area contributed by atoms with Gasteiger partial charge in [0.2, 0.25) is 0 Å². The summed E-state index contributed by atoms with van der Waals surface area (Å²) in [4.78, 5) is 0. The predicted molar refractivity (Wildman–Crippen MR) is 63.4 cm³/mol. The number of rotatable bonds is 2. The van der Waals surface area contributed by atoms with E-state index in [1.165, 1.54) is 0 Å². The molecule has 0 radical (unpaired) electrons. The van der Waals surface area contributed by atoms with Crippen molar-refractivity contribution >= 4 is 39.3 Å². The lowest BCUT2D eigenvalue weighted by Gasteiger charge is -2.06. The second kappa shape index (κ2) is 4.18. The number of hydrogen-bond donors (Lipinski definition) is 2. The van der Waals surface area contributed by atoms with Gasteiger partial charge >= 0.3 is 0 Å². The summed E-state index contributed by atoms with van der Waals surface area (Å²) in [6.07, 6.45) is 0. The van der Waals surface area contributed by atoms with Gasteiger partial charge < -0.3 is 0 Å². The van der Waals surface area contributed by atoms with Crippen LogP contribution in [0.5, 0.6) is 0 Å². The highest BCUT2D eigenvalue weighted by molar-refractivity contribution is 7.80. The van der Waals surface area contributed by atoms with E-state index in [0.29, 0.717) is 10.7 Å². The molecule has 15 heavy (non-hydrogen) atoms. The lowest BCUT2D eigenvalue weighted by Crippen LogP contribution is -2.02. The molecule has 1 unspecified atom stereocenters. The Morgan fingerprint density at radius 3 is 2.73 bits per heavy atom. The van der Waals surface area contributed by atoms with Crippen LogP contribution in [0.1, 0.15) is 0 Å². The monoisotopic (exact) mass is 241 g/mol. The Morgan fingerprint density at radius 2 is 2.00 bits per heavy atom. The van der Waals surface area contributed by atoms with Gasteiger partial charge in [-0.3, -0.25) is 9.27 Å². The first kappa shape index (κ1) is 10.4. The summed E-state index contributed by atoms with van der Waals surface area (Å²) in [5.74, 6) is 0. The molecule has 2 aromatic carbocycles. The number of hydrogen-bond acceptors (Lipinski definition) is 1. The number of halogens is 1. The molecule has 1 atom stereocenters. The zero-order chi connectivity index (χ0) is 10.8. The Bertz CT molecular complexity index is 530. The summed E-state index contributed by atoms with van der Waals surface area (Å²) in [7, 11) is 0. The highest BCUT2D eigenvalue weighted by Gasteiger charge is 2.04. The third kappa shape index (κ3) is 2.28. The molecule has 2 N–H and O–H groups in total. The Balaban J connectivity index is 2.65. The molecular formula is C10H8ClNO2S. The van der Waals surface area contributed by atoms with Gasteiger partial charge in [0, 0.05) is 10.4 Å². The highest BCUT2D eigenvalue weighted by atomic mass is 35.5. The Kier molecular flexibility index (Phi) is 2.90. The third-order valence-electron chi connectivity index (χ3n) is 2.02. The number of fused-ring (bicyclic) bond motifs is 1. The lowest BCUT2D eigenvalue weighted by molar-refractivity contribution is 0.570. The first-order valence-corrected chi connectivity index (χ1v) is 5.71. The van der Waals surface area contributed by atoms with E-state index in [9.17, 15) is 4.21 Å². The van der Waals surface area contributed by atoms with Crippen LogP contribution in [0.15, 0.2) is 36.4 Å².